The summed E-state index contributed by atoms with van der Waals surface area (Å²) in [6.45, 7) is 0. The van der Waals surface area contributed by atoms with Crippen LogP contribution in [0.4, 0.5) is 0 Å². The second-order valence-electron chi connectivity index (χ2n) is 6.06. The predicted molar refractivity (Wildman–Crippen MR) is 99.7 cm³/mol. The minimum absolute atomic E-state index is 0.417. The number of dihydropyridines is 1. The summed E-state index contributed by atoms with van der Waals surface area (Å²) < 4.78 is 12.1. The Hall–Kier alpha value is -3.59. The summed E-state index contributed by atoms with van der Waals surface area (Å²) in [6, 6.07) is 5.48. The van der Waals surface area contributed by atoms with E-state index in [4.69, 9.17) is 20.9 Å². The van der Waals surface area contributed by atoms with Gasteiger partial charge in [0.1, 0.15) is 5.69 Å². The highest BCUT2D eigenvalue weighted by molar-refractivity contribution is 5.63. The van der Waals surface area contributed by atoms with Crippen molar-refractivity contribution in [1.82, 2.24) is 24.9 Å². The molecule has 0 amide bonds. The molecule has 3 aromatic rings. The zero-order chi connectivity index (χ0) is 19.0. The maximum Gasteiger partial charge on any atom is 0.256 e. The van der Waals surface area contributed by atoms with Crippen molar-refractivity contribution in [2.75, 3.05) is 14.2 Å². The quantitative estimate of drug-likeness (QED) is 0.622. The van der Waals surface area contributed by atoms with E-state index in [0.29, 0.717) is 28.8 Å². The maximum absolute atomic E-state index is 6.39. The summed E-state index contributed by atoms with van der Waals surface area (Å²) in [5, 5.41) is 7.54. The number of nitrogens with zero attached hydrogens (tertiary/aromatic N) is 4. The van der Waals surface area contributed by atoms with Gasteiger partial charge in [-0.3, -0.25) is 0 Å². The maximum atomic E-state index is 6.39. The number of allylic oxidation sites excluding steroid dienone is 2. The molecule has 1 aliphatic heterocycles. The Morgan fingerprint density at radius 1 is 1.22 bits per heavy atom. The second-order valence-corrected chi connectivity index (χ2v) is 6.06. The van der Waals surface area contributed by atoms with Crippen LogP contribution in [0.1, 0.15) is 5.69 Å². The predicted octanol–water partition coefficient (Wildman–Crippen LogP) is 0.879. The van der Waals surface area contributed by atoms with E-state index >= 15 is 0 Å². The van der Waals surface area contributed by atoms with Gasteiger partial charge >= 0.3 is 0 Å². The Labute approximate surface area is 155 Å². The molecule has 27 heavy (non-hydrogen) atoms. The molecule has 0 spiro atoms. The molecule has 0 saturated carbocycles. The molecule has 0 aliphatic carbocycles. The van der Waals surface area contributed by atoms with E-state index in [2.05, 4.69) is 20.4 Å². The first-order valence-corrected chi connectivity index (χ1v) is 8.20. The van der Waals surface area contributed by atoms with Gasteiger partial charge in [-0.1, -0.05) is 6.08 Å². The van der Waals surface area contributed by atoms with Crippen LogP contribution in [0, 0.1) is 0 Å². The SMILES string of the molecule is COc1cc(-c2ccn3nc(C4(N)C=CC=C(N)N4)cc3n2)cnc1OC. The monoisotopic (exact) mass is 365 g/mol. The molecule has 0 bridgehead atoms. The molecule has 9 heteroatoms. The van der Waals surface area contributed by atoms with Crippen LogP contribution in [0.5, 0.6) is 11.6 Å². The first kappa shape index (κ1) is 16.9. The molecule has 0 radical (unpaired) electrons. The molecule has 0 fully saturated rings. The molecular weight excluding hydrogens is 346 g/mol. The first-order chi connectivity index (χ1) is 13.0. The Bertz CT molecular complexity index is 1070. The van der Waals surface area contributed by atoms with Crippen molar-refractivity contribution in [2.45, 2.75) is 5.66 Å². The van der Waals surface area contributed by atoms with E-state index in [0.717, 1.165) is 11.3 Å². The first-order valence-electron chi connectivity index (χ1n) is 8.20. The topological polar surface area (TPSA) is 126 Å². The number of pyridine rings is 1. The summed E-state index contributed by atoms with van der Waals surface area (Å²) >= 11 is 0. The van der Waals surface area contributed by atoms with Crippen LogP contribution in [-0.2, 0) is 5.66 Å². The van der Waals surface area contributed by atoms with Crippen LogP contribution in [0.15, 0.2) is 54.6 Å². The van der Waals surface area contributed by atoms with Crippen LogP contribution >= 0.6 is 0 Å². The fraction of sp³-hybridized carbons (Fsp3) is 0.167. The third kappa shape index (κ3) is 2.93. The molecule has 4 rings (SSSR count). The summed E-state index contributed by atoms with van der Waals surface area (Å²) in [7, 11) is 3.11. The van der Waals surface area contributed by atoms with E-state index in [1.54, 1.807) is 43.2 Å². The van der Waals surface area contributed by atoms with Gasteiger partial charge in [0.05, 0.1) is 25.7 Å². The average molecular weight is 365 g/mol. The van der Waals surface area contributed by atoms with Crippen LogP contribution in [0.2, 0.25) is 0 Å². The lowest BCUT2D eigenvalue weighted by atomic mass is 10.0. The standard InChI is InChI=1S/C18H19N7O2/c1-26-13-8-11(10-21-17(13)27-2)12-5-7-25-16(22-12)9-14(24-25)18(20)6-3-4-15(19)23-18/h3-10,23H,19-20H2,1-2H3. The van der Waals surface area contributed by atoms with Crippen LogP contribution in [0.25, 0.3) is 16.9 Å². The van der Waals surface area contributed by atoms with Gasteiger partial charge in [0, 0.05) is 24.0 Å². The van der Waals surface area contributed by atoms with Crippen molar-refractivity contribution < 1.29 is 9.47 Å². The van der Waals surface area contributed by atoms with Gasteiger partial charge in [0.25, 0.3) is 5.88 Å². The molecule has 1 aliphatic rings. The third-order valence-electron chi connectivity index (χ3n) is 4.26. The number of ether oxygens (including phenoxy) is 2. The van der Waals surface area contributed by atoms with Gasteiger partial charge in [0.15, 0.2) is 17.1 Å². The van der Waals surface area contributed by atoms with E-state index in [-0.39, 0.29) is 0 Å². The lowest BCUT2D eigenvalue weighted by Gasteiger charge is -2.28. The van der Waals surface area contributed by atoms with Crippen LogP contribution in [-0.4, -0.2) is 33.8 Å². The van der Waals surface area contributed by atoms with Crippen molar-refractivity contribution in [3.05, 3.63) is 60.3 Å². The number of nitrogens with one attached hydrogen (secondary N) is 1. The highest BCUT2D eigenvalue weighted by atomic mass is 16.5. The lowest BCUT2D eigenvalue weighted by Crippen LogP contribution is -2.51. The van der Waals surface area contributed by atoms with Crippen molar-refractivity contribution >= 4 is 5.65 Å². The summed E-state index contributed by atoms with van der Waals surface area (Å²) in [4.78, 5) is 8.91. The molecule has 0 saturated heterocycles. The number of nitrogens with two attached hydrogens (primary N) is 2. The average Bonchev–Trinajstić information content (AvgIpc) is 3.11. The van der Waals surface area contributed by atoms with E-state index in [9.17, 15) is 0 Å². The lowest BCUT2D eigenvalue weighted by molar-refractivity contribution is 0.343. The molecule has 1 atom stereocenters. The second kappa shape index (κ2) is 6.29. The van der Waals surface area contributed by atoms with Crippen molar-refractivity contribution in [1.29, 1.82) is 0 Å². The number of methoxy groups -OCH3 is 2. The highest BCUT2D eigenvalue weighted by Gasteiger charge is 2.29. The van der Waals surface area contributed by atoms with E-state index in [1.807, 2.05) is 24.4 Å². The molecule has 0 aromatic carbocycles. The fourth-order valence-electron chi connectivity index (χ4n) is 2.89. The van der Waals surface area contributed by atoms with Gasteiger partial charge in [-0.15, -0.1) is 0 Å². The number of aromatic nitrogens is 4. The van der Waals surface area contributed by atoms with Crippen LogP contribution < -0.4 is 26.3 Å². The number of hydrogen-bond acceptors (Lipinski definition) is 8. The zero-order valence-corrected chi connectivity index (χ0v) is 14.9. The van der Waals surface area contributed by atoms with Crippen molar-refractivity contribution in [3.63, 3.8) is 0 Å². The third-order valence-corrected chi connectivity index (χ3v) is 4.26. The summed E-state index contributed by atoms with van der Waals surface area (Å²) in [6.07, 6.45) is 8.82. The number of rotatable bonds is 4. The zero-order valence-electron chi connectivity index (χ0n) is 14.9. The van der Waals surface area contributed by atoms with Gasteiger partial charge in [-0.25, -0.2) is 14.5 Å². The van der Waals surface area contributed by atoms with E-state index < -0.39 is 5.66 Å². The Morgan fingerprint density at radius 3 is 2.81 bits per heavy atom. The smallest absolute Gasteiger partial charge is 0.256 e. The fourth-order valence-corrected chi connectivity index (χ4v) is 2.89. The molecular formula is C18H19N7O2. The number of hydrogen-bond donors (Lipinski definition) is 3. The molecule has 3 aromatic heterocycles. The number of fused-ring (bicyclic) bond motifs is 1. The Kier molecular flexibility index (Phi) is 3.93. The molecule has 1 unspecified atom stereocenters. The van der Waals surface area contributed by atoms with Gasteiger partial charge in [0.2, 0.25) is 0 Å². The summed E-state index contributed by atoms with van der Waals surface area (Å²) in [5.41, 5.74) is 14.0. The highest BCUT2D eigenvalue weighted by Crippen LogP contribution is 2.29. The van der Waals surface area contributed by atoms with Crippen LogP contribution in [0.3, 0.4) is 0 Å². The molecule has 9 nitrogen and oxygen atoms in total. The Morgan fingerprint density at radius 2 is 2.07 bits per heavy atom. The van der Waals surface area contributed by atoms with Crippen molar-refractivity contribution in [3.8, 4) is 22.9 Å². The van der Waals surface area contributed by atoms with Gasteiger partial charge in [-0.2, -0.15) is 5.10 Å². The Balaban J connectivity index is 1.73. The minimum atomic E-state index is -0.989. The van der Waals surface area contributed by atoms with E-state index in [1.165, 1.54) is 0 Å². The van der Waals surface area contributed by atoms with Crippen molar-refractivity contribution in [2.24, 2.45) is 11.5 Å². The largest absolute Gasteiger partial charge is 0.491 e. The molecule has 4 heterocycles. The summed E-state index contributed by atoms with van der Waals surface area (Å²) in [5.74, 6) is 1.42. The van der Waals surface area contributed by atoms with Gasteiger partial charge in [-0.05, 0) is 24.3 Å². The van der Waals surface area contributed by atoms with Gasteiger partial charge < -0.3 is 26.3 Å². The normalized spacial score (nSPS) is 18.9. The molecule has 5 N–H and O–H groups in total. The molecule has 138 valence electrons. The minimum Gasteiger partial charge on any atom is -0.491 e.